The molecule has 1 aromatic carbocycles. The van der Waals surface area contributed by atoms with E-state index in [9.17, 15) is 4.79 Å². The van der Waals surface area contributed by atoms with Crippen molar-refractivity contribution in [3.05, 3.63) is 29.3 Å². The summed E-state index contributed by atoms with van der Waals surface area (Å²) < 4.78 is 0. The molecule has 0 aliphatic heterocycles. The molecule has 3 nitrogen and oxygen atoms in total. The minimum Gasteiger partial charge on any atom is -0.384 e. The number of aryl methyl sites for hydroxylation is 1. The predicted molar refractivity (Wildman–Crippen MR) is 71.0 cm³/mol. The first-order valence-corrected chi connectivity index (χ1v) is 6.13. The Hall–Kier alpha value is -1.79. The molecule has 2 rings (SSSR count). The third-order valence-electron chi connectivity index (χ3n) is 3.24. The van der Waals surface area contributed by atoms with Gasteiger partial charge in [-0.2, -0.15) is 0 Å². The lowest BCUT2D eigenvalue weighted by Gasteiger charge is -2.06. The predicted octanol–water partition coefficient (Wildman–Crippen LogP) is 1.93. The average molecular weight is 243 g/mol. The summed E-state index contributed by atoms with van der Waals surface area (Å²) in [6.07, 6.45) is 0.991. The first-order chi connectivity index (χ1) is 8.61. The molecule has 0 spiro atoms. The third kappa shape index (κ3) is 2.91. The fourth-order valence-electron chi connectivity index (χ4n) is 1.94. The van der Waals surface area contributed by atoms with Crippen LogP contribution in [0.2, 0.25) is 0 Å². The lowest BCUT2D eigenvalue weighted by molar-refractivity contribution is -0.117. The van der Waals surface area contributed by atoms with Crippen LogP contribution in [0.1, 0.15) is 24.5 Å². The quantitative estimate of drug-likeness (QED) is 0.780. The van der Waals surface area contributed by atoms with Crippen LogP contribution < -0.4 is 5.32 Å². The van der Waals surface area contributed by atoms with E-state index in [2.05, 4.69) is 24.1 Å². The highest BCUT2D eigenvalue weighted by atomic mass is 16.2. The molecule has 1 aromatic rings. The summed E-state index contributed by atoms with van der Waals surface area (Å²) in [4.78, 5) is 11.8. The molecular weight excluding hydrogens is 226 g/mol. The largest absolute Gasteiger partial charge is 0.384 e. The van der Waals surface area contributed by atoms with Crippen LogP contribution in [0.4, 0.5) is 5.69 Å². The second-order valence-corrected chi connectivity index (χ2v) is 4.80. The second-order valence-electron chi connectivity index (χ2n) is 4.80. The van der Waals surface area contributed by atoms with Gasteiger partial charge < -0.3 is 10.4 Å². The van der Waals surface area contributed by atoms with Crippen molar-refractivity contribution >= 4 is 11.6 Å². The molecule has 1 aliphatic rings. The Balaban J connectivity index is 2.06. The highest BCUT2D eigenvalue weighted by molar-refractivity contribution is 5.94. The average Bonchev–Trinajstić information content (AvgIpc) is 3.05. The van der Waals surface area contributed by atoms with Gasteiger partial charge in [0.25, 0.3) is 0 Å². The fraction of sp³-hybridized carbons (Fsp3) is 0.400. The van der Waals surface area contributed by atoms with Crippen LogP contribution in [0.15, 0.2) is 18.2 Å². The SMILES string of the molecule is Cc1cc(NC(=O)C2CC2C)ccc1C#CCO. The van der Waals surface area contributed by atoms with E-state index >= 15 is 0 Å². The molecule has 0 saturated heterocycles. The molecule has 1 aliphatic carbocycles. The Labute approximate surface area is 107 Å². The van der Waals surface area contributed by atoms with Gasteiger partial charge in [0.2, 0.25) is 5.91 Å². The Bertz CT molecular complexity index is 525. The number of hydrogen-bond acceptors (Lipinski definition) is 2. The van der Waals surface area contributed by atoms with Crippen LogP contribution >= 0.6 is 0 Å². The lowest BCUT2D eigenvalue weighted by atomic mass is 10.1. The number of benzene rings is 1. The van der Waals surface area contributed by atoms with Gasteiger partial charge in [-0.25, -0.2) is 0 Å². The van der Waals surface area contributed by atoms with Gasteiger partial charge in [-0.15, -0.1) is 0 Å². The van der Waals surface area contributed by atoms with Crippen molar-refractivity contribution in [2.75, 3.05) is 11.9 Å². The molecule has 1 amide bonds. The number of amides is 1. The summed E-state index contributed by atoms with van der Waals surface area (Å²) >= 11 is 0. The molecule has 2 atom stereocenters. The summed E-state index contributed by atoms with van der Waals surface area (Å²) in [7, 11) is 0. The van der Waals surface area contributed by atoms with Crippen LogP contribution in [-0.4, -0.2) is 17.6 Å². The van der Waals surface area contributed by atoms with Gasteiger partial charge in [-0.1, -0.05) is 18.8 Å². The van der Waals surface area contributed by atoms with Crippen molar-refractivity contribution in [1.82, 2.24) is 0 Å². The zero-order valence-corrected chi connectivity index (χ0v) is 10.7. The number of hydrogen-bond donors (Lipinski definition) is 2. The monoisotopic (exact) mass is 243 g/mol. The van der Waals surface area contributed by atoms with Crippen molar-refractivity contribution < 1.29 is 9.90 Å². The Morgan fingerprint density at radius 2 is 2.28 bits per heavy atom. The number of nitrogens with one attached hydrogen (secondary N) is 1. The van der Waals surface area contributed by atoms with E-state index < -0.39 is 0 Å². The topological polar surface area (TPSA) is 49.3 Å². The van der Waals surface area contributed by atoms with Crippen LogP contribution in [0.25, 0.3) is 0 Å². The summed E-state index contributed by atoms with van der Waals surface area (Å²) in [5.41, 5.74) is 2.69. The second kappa shape index (κ2) is 5.24. The fourth-order valence-corrected chi connectivity index (χ4v) is 1.94. The molecule has 94 valence electrons. The van der Waals surface area contributed by atoms with Crippen molar-refractivity contribution in [2.24, 2.45) is 11.8 Å². The highest BCUT2D eigenvalue weighted by Crippen LogP contribution is 2.38. The van der Waals surface area contributed by atoms with Crippen LogP contribution in [0.3, 0.4) is 0 Å². The van der Waals surface area contributed by atoms with Gasteiger partial charge in [-0.05, 0) is 43.0 Å². The van der Waals surface area contributed by atoms with E-state index in [4.69, 9.17) is 5.11 Å². The zero-order valence-electron chi connectivity index (χ0n) is 10.7. The molecule has 3 heteroatoms. The first-order valence-electron chi connectivity index (χ1n) is 6.13. The molecule has 0 radical (unpaired) electrons. The number of carbonyl (C=O) groups is 1. The zero-order chi connectivity index (χ0) is 13.1. The van der Waals surface area contributed by atoms with Gasteiger partial charge in [0.05, 0.1) is 0 Å². The van der Waals surface area contributed by atoms with Gasteiger partial charge in [0.1, 0.15) is 6.61 Å². The van der Waals surface area contributed by atoms with Crippen LogP contribution in [-0.2, 0) is 4.79 Å². The maximum atomic E-state index is 11.8. The minimum absolute atomic E-state index is 0.107. The summed E-state index contributed by atoms with van der Waals surface area (Å²) in [6, 6.07) is 5.62. The van der Waals surface area contributed by atoms with E-state index in [0.29, 0.717) is 5.92 Å². The molecule has 1 fully saturated rings. The normalized spacial score (nSPS) is 20.8. The van der Waals surface area contributed by atoms with E-state index in [0.717, 1.165) is 23.2 Å². The van der Waals surface area contributed by atoms with E-state index in [-0.39, 0.29) is 18.4 Å². The van der Waals surface area contributed by atoms with E-state index in [1.807, 2.05) is 25.1 Å². The summed E-state index contributed by atoms with van der Waals surface area (Å²) in [6.45, 7) is 3.89. The van der Waals surface area contributed by atoms with Crippen LogP contribution in [0, 0.1) is 30.6 Å². The molecule has 0 bridgehead atoms. The van der Waals surface area contributed by atoms with Gasteiger partial charge >= 0.3 is 0 Å². The molecule has 2 N–H and O–H groups in total. The Morgan fingerprint density at radius 3 is 2.83 bits per heavy atom. The van der Waals surface area contributed by atoms with Crippen LogP contribution in [0.5, 0.6) is 0 Å². The van der Waals surface area contributed by atoms with E-state index in [1.165, 1.54) is 0 Å². The number of anilines is 1. The minimum atomic E-state index is -0.141. The number of aliphatic hydroxyl groups excluding tert-OH is 1. The van der Waals surface area contributed by atoms with Crippen molar-refractivity contribution in [2.45, 2.75) is 20.3 Å². The highest BCUT2D eigenvalue weighted by Gasteiger charge is 2.39. The Morgan fingerprint density at radius 1 is 1.56 bits per heavy atom. The maximum Gasteiger partial charge on any atom is 0.227 e. The van der Waals surface area contributed by atoms with E-state index in [1.54, 1.807) is 0 Å². The van der Waals surface area contributed by atoms with Crippen molar-refractivity contribution in [3.63, 3.8) is 0 Å². The van der Waals surface area contributed by atoms with Gasteiger partial charge in [0, 0.05) is 17.2 Å². The van der Waals surface area contributed by atoms with Gasteiger partial charge in [-0.3, -0.25) is 4.79 Å². The summed E-state index contributed by atoms with van der Waals surface area (Å²) in [5.74, 6) is 6.29. The molecule has 0 heterocycles. The lowest BCUT2D eigenvalue weighted by Crippen LogP contribution is -2.14. The number of aliphatic hydroxyl groups is 1. The summed E-state index contributed by atoms with van der Waals surface area (Å²) in [5, 5.41) is 11.6. The molecular formula is C15H17NO2. The van der Waals surface area contributed by atoms with Crippen molar-refractivity contribution in [1.29, 1.82) is 0 Å². The maximum absolute atomic E-state index is 11.8. The smallest absolute Gasteiger partial charge is 0.227 e. The molecule has 0 aromatic heterocycles. The standard InChI is InChI=1S/C15H17NO2/c1-10-8-13(6-5-12(10)4-3-7-17)16-15(18)14-9-11(14)2/h5-6,8,11,14,17H,7,9H2,1-2H3,(H,16,18). The number of rotatable bonds is 2. The number of carbonyl (C=O) groups excluding carboxylic acids is 1. The molecule has 1 saturated carbocycles. The third-order valence-corrected chi connectivity index (χ3v) is 3.24. The first kappa shape index (κ1) is 12.7. The van der Waals surface area contributed by atoms with Crippen molar-refractivity contribution in [3.8, 4) is 11.8 Å². The Kier molecular flexibility index (Phi) is 3.69. The molecule has 2 unspecified atom stereocenters. The van der Waals surface area contributed by atoms with Gasteiger partial charge in [0.15, 0.2) is 0 Å². The molecule has 18 heavy (non-hydrogen) atoms.